The van der Waals surface area contributed by atoms with Gasteiger partial charge in [0, 0.05) is 38.8 Å². The molecule has 2 fully saturated rings. The van der Waals surface area contributed by atoms with Crippen LogP contribution in [0.3, 0.4) is 0 Å². The zero-order valence-corrected chi connectivity index (χ0v) is 12.1. The van der Waals surface area contributed by atoms with Gasteiger partial charge in [-0.1, -0.05) is 13.8 Å². The summed E-state index contributed by atoms with van der Waals surface area (Å²) in [6, 6.07) is 0.765. The van der Waals surface area contributed by atoms with E-state index < -0.39 is 0 Å². The van der Waals surface area contributed by atoms with Crippen molar-refractivity contribution < 1.29 is 4.79 Å². The first-order valence-electron chi connectivity index (χ1n) is 7.39. The summed E-state index contributed by atoms with van der Waals surface area (Å²) in [5.74, 6) is 0.782. The summed E-state index contributed by atoms with van der Waals surface area (Å²) in [5, 5.41) is 0. The van der Waals surface area contributed by atoms with Gasteiger partial charge in [0.05, 0.1) is 0 Å². The number of rotatable bonds is 1. The Morgan fingerprint density at radius 2 is 1.72 bits per heavy atom. The maximum atomic E-state index is 12.4. The van der Waals surface area contributed by atoms with E-state index in [1.165, 1.54) is 0 Å². The van der Waals surface area contributed by atoms with Crippen molar-refractivity contribution in [1.29, 1.82) is 0 Å². The molecule has 104 valence electrons. The van der Waals surface area contributed by atoms with Crippen LogP contribution >= 0.6 is 0 Å². The Bertz CT molecular complexity index is 287. The van der Waals surface area contributed by atoms with Crippen LogP contribution in [-0.4, -0.2) is 66.0 Å². The lowest BCUT2D eigenvalue weighted by Gasteiger charge is -2.42. The van der Waals surface area contributed by atoms with E-state index in [1.54, 1.807) is 0 Å². The largest absolute Gasteiger partial charge is 0.325 e. The SMILES string of the molecule is CCN1CCN(C(=O)N2CCC(C)CC2)CC1C. The first-order valence-corrected chi connectivity index (χ1v) is 7.39. The van der Waals surface area contributed by atoms with Crippen LogP contribution in [0.1, 0.15) is 33.6 Å². The zero-order chi connectivity index (χ0) is 13.1. The number of piperidine rings is 1. The van der Waals surface area contributed by atoms with Crippen LogP contribution in [0.4, 0.5) is 4.79 Å². The predicted molar refractivity (Wildman–Crippen MR) is 73.6 cm³/mol. The molecule has 0 aliphatic carbocycles. The molecule has 2 aliphatic heterocycles. The van der Waals surface area contributed by atoms with Gasteiger partial charge in [-0.15, -0.1) is 0 Å². The van der Waals surface area contributed by atoms with Crippen molar-refractivity contribution in [2.45, 2.75) is 39.7 Å². The highest BCUT2D eigenvalue weighted by Crippen LogP contribution is 2.18. The molecule has 1 unspecified atom stereocenters. The number of likely N-dealkylation sites (tertiary alicyclic amines) is 1. The third kappa shape index (κ3) is 2.97. The normalized spacial score (nSPS) is 27.6. The highest BCUT2D eigenvalue weighted by molar-refractivity contribution is 5.74. The minimum atomic E-state index is 0.268. The summed E-state index contributed by atoms with van der Waals surface area (Å²) >= 11 is 0. The molecule has 2 heterocycles. The monoisotopic (exact) mass is 253 g/mol. The van der Waals surface area contributed by atoms with Gasteiger partial charge in [0.25, 0.3) is 0 Å². The Morgan fingerprint density at radius 3 is 2.28 bits per heavy atom. The lowest BCUT2D eigenvalue weighted by molar-refractivity contribution is 0.0781. The third-order valence-corrected chi connectivity index (χ3v) is 4.50. The van der Waals surface area contributed by atoms with Gasteiger partial charge in [-0.25, -0.2) is 4.79 Å². The van der Waals surface area contributed by atoms with Gasteiger partial charge >= 0.3 is 6.03 Å². The standard InChI is InChI=1S/C14H27N3O/c1-4-15-9-10-17(11-13(15)3)14(18)16-7-5-12(2)6-8-16/h12-13H,4-11H2,1-3H3. The fourth-order valence-corrected chi connectivity index (χ4v) is 3.04. The van der Waals surface area contributed by atoms with Crippen LogP contribution in [0, 0.1) is 5.92 Å². The molecule has 4 nitrogen and oxygen atoms in total. The molecule has 0 spiro atoms. The van der Waals surface area contributed by atoms with Gasteiger partial charge in [-0.3, -0.25) is 4.90 Å². The molecular weight excluding hydrogens is 226 g/mol. The summed E-state index contributed by atoms with van der Waals surface area (Å²) in [4.78, 5) is 19.0. The second-order valence-corrected chi connectivity index (χ2v) is 5.88. The Kier molecular flexibility index (Phi) is 4.49. The van der Waals surface area contributed by atoms with Crippen LogP contribution in [0.5, 0.6) is 0 Å². The van der Waals surface area contributed by atoms with Crippen molar-refractivity contribution in [3.63, 3.8) is 0 Å². The van der Waals surface area contributed by atoms with E-state index in [4.69, 9.17) is 0 Å². The second kappa shape index (κ2) is 5.91. The number of nitrogens with zero attached hydrogens (tertiary/aromatic N) is 3. The maximum Gasteiger partial charge on any atom is 0.320 e. The second-order valence-electron chi connectivity index (χ2n) is 5.88. The lowest BCUT2D eigenvalue weighted by Crippen LogP contribution is -2.57. The summed E-state index contributed by atoms with van der Waals surface area (Å²) < 4.78 is 0. The molecular formula is C14H27N3O. The van der Waals surface area contributed by atoms with Gasteiger partial charge in [-0.2, -0.15) is 0 Å². The average molecular weight is 253 g/mol. The maximum absolute atomic E-state index is 12.4. The molecule has 2 saturated heterocycles. The molecule has 0 saturated carbocycles. The number of urea groups is 1. The molecule has 2 amide bonds. The predicted octanol–water partition coefficient (Wildman–Crippen LogP) is 1.86. The van der Waals surface area contributed by atoms with Crippen LogP contribution in [0.15, 0.2) is 0 Å². The van der Waals surface area contributed by atoms with Gasteiger partial charge in [0.15, 0.2) is 0 Å². The van der Waals surface area contributed by atoms with Crippen molar-refractivity contribution in [2.75, 3.05) is 39.3 Å². The number of piperazine rings is 1. The van der Waals surface area contributed by atoms with Gasteiger partial charge < -0.3 is 9.80 Å². The Hall–Kier alpha value is -0.770. The molecule has 2 aliphatic rings. The number of hydrogen-bond donors (Lipinski definition) is 0. The summed E-state index contributed by atoms with van der Waals surface area (Å²) in [5.41, 5.74) is 0. The number of amides is 2. The van der Waals surface area contributed by atoms with Crippen LogP contribution < -0.4 is 0 Å². The van der Waals surface area contributed by atoms with E-state index in [-0.39, 0.29) is 6.03 Å². The van der Waals surface area contributed by atoms with Crippen molar-refractivity contribution >= 4 is 6.03 Å². The molecule has 18 heavy (non-hydrogen) atoms. The average Bonchev–Trinajstić information content (AvgIpc) is 2.38. The quantitative estimate of drug-likeness (QED) is 0.713. The smallest absolute Gasteiger partial charge is 0.320 e. The Balaban J connectivity index is 1.86. The van der Waals surface area contributed by atoms with Crippen LogP contribution in [0.25, 0.3) is 0 Å². The Morgan fingerprint density at radius 1 is 1.06 bits per heavy atom. The molecule has 0 aromatic carbocycles. The molecule has 0 aromatic rings. The zero-order valence-electron chi connectivity index (χ0n) is 12.1. The van der Waals surface area contributed by atoms with Gasteiger partial charge in [-0.05, 0) is 32.2 Å². The molecule has 0 radical (unpaired) electrons. The van der Waals surface area contributed by atoms with E-state index >= 15 is 0 Å². The van der Waals surface area contributed by atoms with E-state index in [2.05, 4.69) is 25.7 Å². The van der Waals surface area contributed by atoms with Crippen molar-refractivity contribution in [2.24, 2.45) is 5.92 Å². The minimum absolute atomic E-state index is 0.268. The topological polar surface area (TPSA) is 26.8 Å². The summed E-state index contributed by atoms with van der Waals surface area (Å²) in [7, 11) is 0. The third-order valence-electron chi connectivity index (χ3n) is 4.50. The van der Waals surface area contributed by atoms with Crippen LogP contribution in [-0.2, 0) is 0 Å². The number of hydrogen-bond acceptors (Lipinski definition) is 2. The van der Waals surface area contributed by atoms with Crippen LogP contribution in [0.2, 0.25) is 0 Å². The van der Waals surface area contributed by atoms with E-state index in [0.717, 1.165) is 58.0 Å². The van der Waals surface area contributed by atoms with Crippen molar-refractivity contribution in [1.82, 2.24) is 14.7 Å². The number of carbonyl (C=O) groups excluding carboxylic acids is 1. The molecule has 2 rings (SSSR count). The van der Waals surface area contributed by atoms with Gasteiger partial charge in [0.1, 0.15) is 0 Å². The molecule has 0 N–H and O–H groups in total. The molecule has 0 aromatic heterocycles. The first kappa shape index (κ1) is 13.7. The number of likely N-dealkylation sites (N-methyl/N-ethyl adjacent to an activating group) is 1. The molecule has 1 atom stereocenters. The molecule has 0 bridgehead atoms. The lowest BCUT2D eigenvalue weighted by atomic mass is 9.99. The van der Waals surface area contributed by atoms with E-state index in [1.807, 2.05) is 9.80 Å². The van der Waals surface area contributed by atoms with E-state index in [0.29, 0.717) is 6.04 Å². The highest BCUT2D eigenvalue weighted by Gasteiger charge is 2.29. The van der Waals surface area contributed by atoms with Gasteiger partial charge in [0.2, 0.25) is 0 Å². The molecule has 4 heteroatoms. The fourth-order valence-electron chi connectivity index (χ4n) is 3.04. The highest BCUT2D eigenvalue weighted by atomic mass is 16.2. The Labute approximate surface area is 111 Å². The number of carbonyl (C=O) groups is 1. The van der Waals surface area contributed by atoms with Crippen molar-refractivity contribution in [3.8, 4) is 0 Å². The van der Waals surface area contributed by atoms with E-state index in [9.17, 15) is 4.79 Å². The fraction of sp³-hybridized carbons (Fsp3) is 0.929. The summed E-state index contributed by atoms with van der Waals surface area (Å²) in [6.07, 6.45) is 2.33. The first-order chi connectivity index (χ1) is 8.61. The minimum Gasteiger partial charge on any atom is -0.325 e. The summed E-state index contributed by atoms with van der Waals surface area (Å²) in [6.45, 7) is 12.5. The van der Waals surface area contributed by atoms with Crippen molar-refractivity contribution in [3.05, 3.63) is 0 Å².